The van der Waals surface area contributed by atoms with Gasteiger partial charge in [-0.2, -0.15) is 0 Å². The van der Waals surface area contributed by atoms with Crippen LogP contribution in [0.15, 0.2) is 70.0 Å². The van der Waals surface area contributed by atoms with Crippen LogP contribution in [0.3, 0.4) is 0 Å². The number of carbonyl (C=O) groups is 2. The molecule has 1 aliphatic rings. The average Bonchev–Trinajstić information content (AvgIpc) is 3.06. The SMILES string of the molecule is COc1cc(/C=C2\SC(=O)N(Cc3cccc(C)c3)C2=O)cc(Br)c1OCc1ccccc1F. The first-order valence-corrected chi connectivity index (χ1v) is 12.0. The quantitative estimate of drug-likeness (QED) is 0.310. The summed E-state index contributed by atoms with van der Waals surface area (Å²) in [5, 5.41) is -0.311. The molecule has 3 aromatic carbocycles. The van der Waals surface area contributed by atoms with Gasteiger partial charge in [0, 0.05) is 5.56 Å². The topological polar surface area (TPSA) is 55.8 Å². The number of carbonyl (C=O) groups excluding carboxylic acids is 2. The zero-order chi connectivity index (χ0) is 24.2. The van der Waals surface area contributed by atoms with E-state index in [-0.39, 0.29) is 30.1 Å². The third-order valence-electron chi connectivity index (χ3n) is 5.18. The average molecular weight is 542 g/mol. The van der Waals surface area contributed by atoms with Gasteiger partial charge in [-0.15, -0.1) is 0 Å². The number of nitrogens with zero attached hydrogens (tertiary/aromatic N) is 1. The number of hydrogen-bond donors (Lipinski definition) is 0. The summed E-state index contributed by atoms with van der Waals surface area (Å²) in [5.74, 6) is 0.133. The number of benzene rings is 3. The summed E-state index contributed by atoms with van der Waals surface area (Å²) in [5.41, 5.74) is 3.03. The molecule has 1 saturated heterocycles. The van der Waals surface area contributed by atoms with Gasteiger partial charge in [0.25, 0.3) is 11.1 Å². The van der Waals surface area contributed by atoms with Gasteiger partial charge < -0.3 is 9.47 Å². The number of aryl methyl sites for hydroxylation is 1. The second-order valence-corrected chi connectivity index (χ2v) is 9.52. The van der Waals surface area contributed by atoms with Gasteiger partial charge in [-0.05, 0) is 70.0 Å². The van der Waals surface area contributed by atoms with Crippen LogP contribution >= 0.6 is 27.7 Å². The van der Waals surface area contributed by atoms with Crippen molar-refractivity contribution >= 4 is 44.9 Å². The maximum absolute atomic E-state index is 13.9. The Labute approximate surface area is 209 Å². The highest BCUT2D eigenvalue weighted by atomic mass is 79.9. The molecule has 0 aliphatic carbocycles. The van der Waals surface area contributed by atoms with Crippen LogP contribution in [0.25, 0.3) is 6.08 Å². The van der Waals surface area contributed by atoms with Crippen LogP contribution < -0.4 is 9.47 Å². The molecular formula is C26H21BrFNO4S. The fourth-order valence-electron chi connectivity index (χ4n) is 3.51. The van der Waals surface area contributed by atoms with Gasteiger partial charge >= 0.3 is 0 Å². The molecule has 0 unspecified atom stereocenters. The molecule has 34 heavy (non-hydrogen) atoms. The monoisotopic (exact) mass is 541 g/mol. The minimum atomic E-state index is -0.351. The highest BCUT2D eigenvalue weighted by Gasteiger charge is 2.35. The fourth-order valence-corrected chi connectivity index (χ4v) is 4.92. The van der Waals surface area contributed by atoms with Crippen molar-refractivity contribution in [1.82, 2.24) is 4.90 Å². The molecule has 1 heterocycles. The predicted molar refractivity (Wildman–Crippen MR) is 134 cm³/mol. The summed E-state index contributed by atoms with van der Waals surface area (Å²) >= 11 is 4.38. The van der Waals surface area contributed by atoms with Gasteiger partial charge in [0.05, 0.1) is 23.0 Å². The Balaban J connectivity index is 1.54. The van der Waals surface area contributed by atoms with E-state index in [0.717, 1.165) is 22.9 Å². The molecule has 1 fully saturated rings. The predicted octanol–water partition coefficient (Wildman–Crippen LogP) is 6.72. The summed E-state index contributed by atoms with van der Waals surface area (Å²) in [6.07, 6.45) is 1.65. The zero-order valence-electron chi connectivity index (χ0n) is 18.5. The van der Waals surface area contributed by atoms with E-state index >= 15 is 0 Å². The van der Waals surface area contributed by atoms with Crippen molar-refractivity contribution in [3.8, 4) is 11.5 Å². The van der Waals surface area contributed by atoms with Gasteiger partial charge in [0.1, 0.15) is 12.4 Å². The van der Waals surface area contributed by atoms with Gasteiger partial charge in [0.15, 0.2) is 11.5 Å². The molecular weight excluding hydrogens is 521 g/mol. The minimum Gasteiger partial charge on any atom is -0.493 e. The summed E-state index contributed by atoms with van der Waals surface area (Å²) in [6.45, 7) is 2.21. The lowest BCUT2D eigenvalue weighted by Crippen LogP contribution is -2.27. The molecule has 0 radical (unpaired) electrons. The Morgan fingerprint density at radius 3 is 2.62 bits per heavy atom. The van der Waals surface area contributed by atoms with Crippen LogP contribution in [0.1, 0.15) is 22.3 Å². The number of thioether (sulfide) groups is 1. The Hall–Kier alpha value is -3.10. The van der Waals surface area contributed by atoms with E-state index in [2.05, 4.69) is 15.9 Å². The van der Waals surface area contributed by atoms with E-state index in [1.54, 1.807) is 36.4 Å². The van der Waals surface area contributed by atoms with Gasteiger partial charge in [0.2, 0.25) is 0 Å². The molecule has 0 bridgehead atoms. The molecule has 3 aromatic rings. The molecule has 0 N–H and O–H groups in total. The third-order valence-corrected chi connectivity index (χ3v) is 6.67. The van der Waals surface area contributed by atoms with Crippen molar-refractivity contribution in [3.05, 3.63) is 98.1 Å². The molecule has 0 saturated carbocycles. The van der Waals surface area contributed by atoms with Crippen molar-refractivity contribution in [3.63, 3.8) is 0 Å². The van der Waals surface area contributed by atoms with E-state index in [4.69, 9.17) is 9.47 Å². The normalized spacial score (nSPS) is 14.7. The molecule has 0 atom stereocenters. The Morgan fingerprint density at radius 2 is 1.88 bits per heavy atom. The summed E-state index contributed by atoms with van der Waals surface area (Å²) < 4.78 is 25.8. The number of hydrogen-bond acceptors (Lipinski definition) is 5. The smallest absolute Gasteiger partial charge is 0.293 e. The molecule has 2 amide bonds. The molecule has 1 aliphatic heterocycles. The highest BCUT2D eigenvalue weighted by molar-refractivity contribution is 9.10. The lowest BCUT2D eigenvalue weighted by Gasteiger charge is -2.14. The molecule has 0 aromatic heterocycles. The lowest BCUT2D eigenvalue weighted by molar-refractivity contribution is -0.123. The van der Waals surface area contributed by atoms with Crippen molar-refractivity contribution in [1.29, 1.82) is 0 Å². The molecule has 4 rings (SSSR count). The van der Waals surface area contributed by atoms with Crippen LogP contribution in [-0.2, 0) is 17.9 Å². The zero-order valence-corrected chi connectivity index (χ0v) is 20.9. The van der Waals surface area contributed by atoms with Crippen LogP contribution in [0.5, 0.6) is 11.5 Å². The number of amides is 2. The number of ether oxygens (including phenoxy) is 2. The number of methoxy groups -OCH3 is 1. The van der Waals surface area contributed by atoms with E-state index in [0.29, 0.717) is 32.0 Å². The molecule has 174 valence electrons. The van der Waals surface area contributed by atoms with Crippen LogP contribution in [-0.4, -0.2) is 23.2 Å². The minimum absolute atomic E-state index is 0.0266. The van der Waals surface area contributed by atoms with Crippen molar-refractivity contribution in [2.45, 2.75) is 20.1 Å². The lowest BCUT2D eigenvalue weighted by atomic mass is 10.1. The number of rotatable bonds is 7. The second kappa shape index (κ2) is 10.4. The fraction of sp³-hybridized carbons (Fsp3) is 0.154. The summed E-state index contributed by atoms with van der Waals surface area (Å²) in [6, 6.07) is 17.6. The standard InChI is InChI=1S/C26H21BrFNO4S/c1-16-6-5-7-17(10-16)14-29-25(30)23(34-26(29)31)13-18-11-20(27)24(22(12-18)32-2)33-15-19-8-3-4-9-21(19)28/h3-13H,14-15H2,1-2H3/b23-13-. The maximum atomic E-state index is 13.9. The molecule has 0 spiro atoms. The Bertz CT molecular complexity index is 1290. The van der Waals surface area contributed by atoms with E-state index in [1.165, 1.54) is 18.1 Å². The first kappa shape index (κ1) is 24.0. The molecule has 5 nitrogen and oxygen atoms in total. The van der Waals surface area contributed by atoms with E-state index in [9.17, 15) is 14.0 Å². The second-order valence-electron chi connectivity index (χ2n) is 7.67. The van der Waals surface area contributed by atoms with Crippen molar-refractivity contribution in [2.24, 2.45) is 0 Å². The third kappa shape index (κ3) is 5.34. The Kier molecular flexibility index (Phi) is 7.38. The van der Waals surface area contributed by atoms with Crippen LogP contribution in [0, 0.1) is 12.7 Å². The van der Waals surface area contributed by atoms with Gasteiger partial charge in [-0.25, -0.2) is 4.39 Å². The number of imide groups is 1. The van der Waals surface area contributed by atoms with Gasteiger partial charge in [-0.3, -0.25) is 14.5 Å². The highest BCUT2D eigenvalue weighted by Crippen LogP contribution is 2.39. The largest absolute Gasteiger partial charge is 0.493 e. The van der Waals surface area contributed by atoms with E-state index in [1.807, 2.05) is 31.2 Å². The van der Waals surface area contributed by atoms with Crippen LogP contribution in [0.2, 0.25) is 0 Å². The maximum Gasteiger partial charge on any atom is 0.293 e. The van der Waals surface area contributed by atoms with E-state index < -0.39 is 0 Å². The molecule has 8 heteroatoms. The summed E-state index contributed by atoms with van der Waals surface area (Å²) in [7, 11) is 1.50. The number of halogens is 2. The first-order valence-electron chi connectivity index (χ1n) is 10.4. The first-order chi connectivity index (χ1) is 16.4. The van der Waals surface area contributed by atoms with Crippen molar-refractivity contribution < 1.29 is 23.5 Å². The summed E-state index contributed by atoms with van der Waals surface area (Å²) in [4.78, 5) is 27.0. The van der Waals surface area contributed by atoms with Crippen molar-refractivity contribution in [2.75, 3.05) is 7.11 Å². The Morgan fingerprint density at radius 1 is 1.09 bits per heavy atom. The van der Waals surface area contributed by atoms with Crippen LogP contribution in [0.4, 0.5) is 9.18 Å². The van der Waals surface area contributed by atoms with Gasteiger partial charge in [-0.1, -0.05) is 48.0 Å².